The highest BCUT2D eigenvalue weighted by Gasteiger charge is 2.30. The maximum atomic E-state index is 12.8. The third-order valence-electron chi connectivity index (χ3n) is 4.56. The van der Waals surface area contributed by atoms with Gasteiger partial charge in [0.1, 0.15) is 17.1 Å². The molecule has 3 aromatic heterocycles. The zero-order valence-electron chi connectivity index (χ0n) is 14.9. The van der Waals surface area contributed by atoms with E-state index < -0.39 is 11.5 Å². The third kappa shape index (κ3) is 2.87. The number of hydrogen-bond acceptors (Lipinski definition) is 7. The molecule has 0 aliphatic carbocycles. The molecule has 4 rings (SSSR count). The number of hydrogen-bond donors (Lipinski definition) is 1. The van der Waals surface area contributed by atoms with Crippen LogP contribution in [0.5, 0.6) is 0 Å². The zero-order chi connectivity index (χ0) is 19.3. The molecule has 10 heteroatoms. The molecule has 0 atom stereocenters. The van der Waals surface area contributed by atoms with Crippen molar-refractivity contribution in [3.63, 3.8) is 0 Å². The molecule has 0 saturated carbocycles. The van der Waals surface area contributed by atoms with Crippen LogP contribution in [0.25, 0.3) is 11.5 Å². The van der Waals surface area contributed by atoms with E-state index in [1.54, 1.807) is 19.4 Å². The van der Waals surface area contributed by atoms with Gasteiger partial charge in [-0.2, -0.15) is 0 Å². The Bertz CT molecular complexity index is 1190. The quantitative estimate of drug-likeness (QED) is 0.698. The lowest BCUT2D eigenvalue weighted by atomic mass is 10.2. The highest BCUT2D eigenvalue weighted by atomic mass is 32.1. The Hall–Kier alpha value is -3.14. The van der Waals surface area contributed by atoms with Gasteiger partial charge in [0.05, 0.1) is 29.4 Å². The molecule has 0 aromatic carbocycles. The van der Waals surface area contributed by atoms with Gasteiger partial charge in [-0.05, 0) is 13.8 Å². The number of amides is 1. The van der Waals surface area contributed by atoms with E-state index in [0.29, 0.717) is 28.6 Å². The van der Waals surface area contributed by atoms with Crippen LogP contribution in [0.4, 0.5) is 0 Å². The number of carbonyl (C=O) groups is 1. The number of nitrogens with zero attached hydrogens (tertiary/aromatic N) is 5. The first-order valence-corrected chi connectivity index (χ1v) is 9.09. The van der Waals surface area contributed by atoms with Crippen LogP contribution >= 0.6 is 11.3 Å². The number of rotatable bonds is 2. The van der Waals surface area contributed by atoms with E-state index in [2.05, 4.69) is 19.9 Å². The fourth-order valence-electron chi connectivity index (χ4n) is 2.99. The first-order chi connectivity index (χ1) is 12.8. The van der Waals surface area contributed by atoms with Gasteiger partial charge in [0.15, 0.2) is 5.82 Å². The number of fused-ring (bicyclic) bond motifs is 1. The van der Waals surface area contributed by atoms with Crippen molar-refractivity contribution in [2.45, 2.75) is 26.9 Å². The summed E-state index contributed by atoms with van der Waals surface area (Å²) in [4.78, 5) is 54.4. The fourth-order valence-corrected chi connectivity index (χ4v) is 3.59. The van der Waals surface area contributed by atoms with Crippen LogP contribution in [0, 0.1) is 13.8 Å². The van der Waals surface area contributed by atoms with Gasteiger partial charge in [-0.3, -0.25) is 19.0 Å². The van der Waals surface area contributed by atoms with Crippen LogP contribution in [-0.2, 0) is 20.1 Å². The largest absolute Gasteiger partial charge is 0.328 e. The van der Waals surface area contributed by atoms with Crippen molar-refractivity contribution in [2.24, 2.45) is 7.05 Å². The summed E-state index contributed by atoms with van der Waals surface area (Å²) in [5, 5.41) is 2.64. The second kappa shape index (κ2) is 6.23. The summed E-state index contributed by atoms with van der Waals surface area (Å²) >= 11 is 1.45. The molecule has 1 aliphatic heterocycles. The lowest BCUT2D eigenvalue weighted by Crippen LogP contribution is -2.32. The Kier molecular flexibility index (Phi) is 3.99. The van der Waals surface area contributed by atoms with Crippen molar-refractivity contribution in [2.75, 3.05) is 0 Å². The number of nitrogens with one attached hydrogen (secondary N) is 1. The lowest BCUT2D eigenvalue weighted by molar-refractivity contribution is 0.0748. The predicted octanol–water partition coefficient (Wildman–Crippen LogP) is 0.760. The van der Waals surface area contributed by atoms with Gasteiger partial charge in [0, 0.05) is 18.6 Å². The highest BCUT2D eigenvalue weighted by molar-refractivity contribution is 7.09. The van der Waals surface area contributed by atoms with E-state index in [-0.39, 0.29) is 24.2 Å². The molecule has 1 amide bonds. The summed E-state index contributed by atoms with van der Waals surface area (Å²) in [5.74, 6) is 0.412. The minimum Gasteiger partial charge on any atom is -0.328 e. The van der Waals surface area contributed by atoms with Crippen LogP contribution in [0.2, 0.25) is 0 Å². The van der Waals surface area contributed by atoms with Crippen molar-refractivity contribution in [3.05, 3.63) is 59.9 Å². The average Bonchev–Trinajstić information content (AvgIpc) is 3.25. The molecule has 4 heterocycles. The van der Waals surface area contributed by atoms with Crippen LogP contribution in [-0.4, -0.2) is 35.3 Å². The molecule has 9 nitrogen and oxygen atoms in total. The minimum absolute atomic E-state index is 0.0768. The normalized spacial score (nSPS) is 13.1. The first kappa shape index (κ1) is 17.3. The van der Waals surface area contributed by atoms with Crippen molar-refractivity contribution in [1.29, 1.82) is 0 Å². The van der Waals surface area contributed by atoms with E-state index in [0.717, 1.165) is 5.01 Å². The Balaban J connectivity index is 1.63. The van der Waals surface area contributed by atoms with E-state index in [9.17, 15) is 14.4 Å². The maximum Gasteiger partial charge on any atom is 0.264 e. The predicted molar refractivity (Wildman–Crippen MR) is 98.5 cm³/mol. The molecule has 0 fully saturated rings. The first-order valence-electron chi connectivity index (χ1n) is 8.21. The van der Waals surface area contributed by atoms with E-state index in [4.69, 9.17) is 0 Å². The van der Waals surface area contributed by atoms with Gasteiger partial charge >= 0.3 is 0 Å². The van der Waals surface area contributed by atoms with Crippen LogP contribution in [0.1, 0.15) is 32.4 Å². The van der Waals surface area contributed by atoms with Gasteiger partial charge in [-0.1, -0.05) is 0 Å². The van der Waals surface area contributed by atoms with Gasteiger partial charge in [0.2, 0.25) is 0 Å². The van der Waals surface area contributed by atoms with Gasteiger partial charge in [-0.15, -0.1) is 11.3 Å². The molecule has 0 spiro atoms. The number of aryl methyl sites for hydroxylation is 2. The third-order valence-corrected chi connectivity index (χ3v) is 5.33. The molecule has 138 valence electrons. The topological polar surface area (TPSA) is 114 Å². The van der Waals surface area contributed by atoms with Crippen molar-refractivity contribution in [3.8, 4) is 11.5 Å². The summed E-state index contributed by atoms with van der Waals surface area (Å²) in [6, 6.07) is 0. The summed E-state index contributed by atoms with van der Waals surface area (Å²) in [5.41, 5.74) is 0.827. The summed E-state index contributed by atoms with van der Waals surface area (Å²) in [6.45, 7) is 3.91. The smallest absolute Gasteiger partial charge is 0.264 e. The van der Waals surface area contributed by atoms with Crippen molar-refractivity contribution in [1.82, 2.24) is 29.4 Å². The number of thiazole rings is 1. The molecule has 3 aromatic rings. The van der Waals surface area contributed by atoms with Crippen LogP contribution in [0.15, 0.2) is 21.2 Å². The Morgan fingerprint density at radius 1 is 1.22 bits per heavy atom. The monoisotopic (exact) mass is 384 g/mol. The van der Waals surface area contributed by atoms with Crippen LogP contribution < -0.4 is 11.1 Å². The summed E-state index contributed by atoms with van der Waals surface area (Å²) in [6.07, 6.45) is 1.25. The molecule has 27 heavy (non-hydrogen) atoms. The van der Waals surface area contributed by atoms with E-state index in [1.807, 2.05) is 6.92 Å². The number of aromatic nitrogens is 5. The Morgan fingerprint density at radius 3 is 2.67 bits per heavy atom. The van der Waals surface area contributed by atoms with Gasteiger partial charge < -0.3 is 9.88 Å². The molecule has 0 saturated heterocycles. The zero-order valence-corrected chi connectivity index (χ0v) is 15.8. The highest BCUT2D eigenvalue weighted by Crippen LogP contribution is 2.20. The molecule has 1 N–H and O–H groups in total. The molecular formula is C17H16N6O3S. The number of carbonyl (C=O) groups excluding carboxylic acids is 1. The van der Waals surface area contributed by atoms with Gasteiger partial charge in [-0.25, -0.2) is 15.0 Å². The molecule has 1 aliphatic rings. The Morgan fingerprint density at radius 2 is 2.00 bits per heavy atom. The molecular weight excluding hydrogens is 368 g/mol. The average molecular weight is 384 g/mol. The molecule has 0 radical (unpaired) electrons. The number of aromatic amines is 1. The standard InChI is InChI=1S/C17H16N6O3S/c1-8-19-12-6-23(5-11(12)16(25)22(8)3)17(26)10-4-18-14(21-15(10)24)13-7-27-9(2)20-13/h4,7H,5-6H2,1-3H3,(H,18,21,24). The summed E-state index contributed by atoms with van der Waals surface area (Å²) < 4.78 is 1.45. The second-order valence-corrected chi connectivity index (χ2v) is 7.40. The van der Waals surface area contributed by atoms with Gasteiger partial charge in [0.25, 0.3) is 17.0 Å². The Labute approximate surface area is 157 Å². The van der Waals surface area contributed by atoms with E-state index >= 15 is 0 Å². The summed E-state index contributed by atoms with van der Waals surface area (Å²) in [7, 11) is 1.64. The lowest BCUT2D eigenvalue weighted by Gasteiger charge is -2.14. The second-order valence-electron chi connectivity index (χ2n) is 6.34. The van der Waals surface area contributed by atoms with Crippen molar-refractivity contribution < 1.29 is 4.79 Å². The fraction of sp³-hybridized carbons (Fsp3) is 0.294. The maximum absolute atomic E-state index is 12.8. The molecule has 0 bridgehead atoms. The SMILES string of the molecule is Cc1nc(-c2ncc(C(=O)N3Cc4nc(C)n(C)c(=O)c4C3)c(=O)[nH]2)cs1. The van der Waals surface area contributed by atoms with E-state index in [1.165, 1.54) is 27.0 Å². The van der Waals surface area contributed by atoms with Crippen molar-refractivity contribution >= 4 is 17.2 Å². The number of H-pyrrole nitrogens is 1. The van der Waals surface area contributed by atoms with Crippen LogP contribution in [0.3, 0.4) is 0 Å². The molecule has 0 unspecified atom stereocenters. The minimum atomic E-state index is -0.538.